The number of hydrogen-bond donors (Lipinski definition) is 2. The molecule has 1 atom stereocenters. The summed E-state index contributed by atoms with van der Waals surface area (Å²) in [6, 6.07) is 54.4. The number of nitrogens with zero attached hydrogens (tertiary/aromatic N) is 3. The van der Waals surface area contributed by atoms with Gasteiger partial charge in [0.2, 0.25) is 0 Å². The molecular formula is C53H43N5O2S. The van der Waals surface area contributed by atoms with E-state index in [4.69, 9.17) is 35.3 Å². The predicted octanol–water partition coefficient (Wildman–Crippen LogP) is 14.1. The number of nitrogen functional groups attached to an aromatic ring is 1. The van der Waals surface area contributed by atoms with Crippen LogP contribution in [-0.4, -0.2) is 15.0 Å². The molecule has 0 aliphatic carbocycles. The number of fused-ring (bicyclic) bond motifs is 7. The first-order chi connectivity index (χ1) is 29.9. The van der Waals surface area contributed by atoms with Gasteiger partial charge in [0.05, 0.1) is 11.7 Å². The number of anilines is 1. The van der Waals surface area contributed by atoms with E-state index in [0.717, 1.165) is 55.2 Å². The Morgan fingerprint density at radius 3 is 1.77 bits per heavy atom. The van der Waals surface area contributed by atoms with Gasteiger partial charge in [-0.25, -0.2) is 15.0 Å². The van der Waals surface area contributed by atoms with Crippen molar-refractivity contribution >= 4 is 70.1 Å². The maximum Gasteiger partial charge on any atom is 0.164 e. The second-order valence-electron chi connectivity index (χ2n) is 14.7. The first kappa shape index (κ1) is 39.1. The molecule has 11 aromatic rings. The van der Waals surface area contributed by atoms with E-state index < -0.39 is 6.04 Å². The van der Waals surface area contributed by atoms with Crippen molar-refractivity contribution in [3.8, 4) is 34.2 Å². The maximum absolute atomic E-state index is 6.54. The zero-order valence-corrected chi connectivity index (χ0v) is 34.9. The molecule has 7 aromatic carbocycles. The number of nitrogens with two attached hydrogens (primary N) is 2. The van der Waals surface area contributed by atoms with E-state index in [2.05, 4.69) is 43.3 Å². The van der Waals surface area contributed by atoms with Crippen LogP contribution >= 0.6 is 11.3 Å². The highest BCUT2D eigenvalue weighted by Gasteiger charge is 2.23. The highest BCUT2D eigenvalue weighted by Crippen LogP contribution is 2.41. The van der Waals surface area contributed by atoms with E-state index in [0.29, 0.717) is 28.9 Å². The van der Waals surface area contributed by atoms with Gasteiger partial charge in [0.15, 0.2) is 17.5 Å². The van der Waals surface area contributed by atoms with Crippen molar-refractivity contribution in [1.29, 1.82) is 0 Å². The van der Waals surface area contributed by atoms with Gasteiger partial charge in [-0.05, 0) is 57.2 Å². The number of rotatable bonds is 5. The molecule has 11 rings (SSSR count). The lowest BCUT2D eigenvalue weighted by atomic mass is 10.0. The van der Waals surface area contributed by atoms with Gasteiger partial charge in [0.25, 0.3) is 0 Å². The summed E-state index contributed by atoms with van der Waals surface area (Å²) in [4.78, 5) is 14.7. The van der Waals surface area contributed by atoms with Gasteiger partial charge in [0, 0.05) is 58.6 Å². The first-order valence-electron chi connectivity index (χ1n) is 20.2. The number of hydrogen-bond acceptors (Lipinski definition) is 8. The summed E-state index contributed by atoms with van der Waals surface area (Å²) in [5, 5.41) is 5.45. The number of aromatic nitrogens is 3. The molecule has 8 heteroatoms. The molecule has 0 bridgehead atoms. The van der Waals surface area contributed by atoms with Crippen LogP contribution in [0, 0.1) is 6.92 Å². The van der Waals surface area contributed by atoms with Gasteiger partial charge in [-0.1, -0.05) is 145 Å². The molecule has 0 aliphatic rings. The Balaban J connectivity index is 0.000000147. The number of aryl methyl sites for hydroxylation is 1. The van der Waals surface area contributed by atoms with Crippen LogP contribution in [0.5, 0.6) is 0 Å². The average molecular weight is 814 g/mol. The number of benzene rings is 7. The number of para-hydroxylation sites is 3. The molecular weight excluding hydrogens is 771 g/mol. The third-order valence-corrected chi connectivity index (χ3v) is 11.8. The molecule has 7 nitrogen and oxygen atoms in total. The monoisotopic (exact) mass is 813 g/mol. The molecule has 61 heavy (non-hydrogen) atoms. The van der Waals surface area contributed by atoms with E-state index in [-0.39, 0.29) is 0 Å². The van der Waals surface area contributed by atoms with E-state index in [1.54, 1.807) is 0 Å². The summed E-state index contributed by atoms with van der Waals surface area (Å²) in [6.07, 6.45) is 4.00. The molecule has 0 radical (unpaired) electrons. The Bertz CT molecular complexity index is 3270. The van der Waals surface area contributed by atoms with Crippen LogP contribution in [0.2, 0.25) is 0 Å². The number of allylic oxidation sites excluding steroid dienone is 2. The van der Waals surface area contributed by atoms with Crippen LogP contribution in [0.3, 0.4) is 0 Å². The predicted molar refractivity (Wildman–Crippen MR) is 255 cm³/mol. The molecule has 4 N–H and O–H groups in total. The van der Waals surface area contributed by atoms with Gasteiger partial charge in [-0.2, -0.15) is 0 Å². The Hall–Kier alpha value is -7.39. The molecule has 0 aliphatic heterocycles. The van der Waals surface area contributed by atoms with Gasteiger partial charge < -0.3 is 20.3 Å². The Labute approximate surface area is 357 Å². The molecule has 1 unspecified atom stereocenters. The summed E-state index contributed by atoms with van der Waals surface area (Å²) in [6.45, 7) is 6.13. The fourth-order valence-corrected chi connectivity index (χ4v) is 8.64. The summed E-state index contributed by atoms with van der Waals surface area (Å²) in [5.74, 6) is 2.63. The van der Waals surface area contributed by atoms with Crippen LogP contribution in [-0.2, 0) is 0 Å². The van der Waals surface area contributed by atoms with Gasteiger partial charge >= 0.3 is 0 Å². The standard InChI is InChI=1S/C28H19N3S.C21H16N2O2.C4H8/c1-18-15-16-23-22(17-18)25-21(13-8-14-24(25)32-23)28-30-26(19-9-4-2-5-10-19)29-27(31-28)20-11-6-3-7-12-20;22-18-14-7-2-4-11-17(14)25-21(18)19(23)15-9-5-8-13-12-6-1-3-10-16(12)24-20(13)15;1-3-4-2/h2-17H,1H3;1-11,19H,22-23H2;3-4H,1-2H3/b;;4-3-. The van der Waals surface area contributed by atoms with Crippen molar-refractivity contribution < 1.29 is 8.83 Å². The zero-order chi connectivity index (χ0) is 41.9. The third-order valence-electron chi connectivity index (χ3n) is 10.6. The molecule has 4 heterocycles. The van der Waals surface area contributed by atoms with Gasteiger partial charge in [0.1, 0.15) is 22.5 Å². The van der Waals surface area contributed by atoms with Gasteiger partial charge in [-0.3, -0.25) is 0 Å². The highest BCUT2D eigenvalue weighted by molar-refractivity contribution is 7.25. The quantitative estimate of drug-likeness (QED) is 0.166. The topological polar surface area (TPSA) is 117 Å². The van der Waals surface area contributed by atoms with Crippen molar-refractivity contribution in [1.82, 2.24) is 15.0 Å². The van der Waals surface area contributed by atoms with E-state index in [1.165, 1.54) is 25.7 Å². The molecule has 0 spiro atoms. The Morgan fingerprint density at radius 2 is 1.11 bits per heavy atom. The lowest BCUT2D eigenvalue weighted by molar-refractivity contribution is 0.525. The largest absolute Gasteiger partial charge is 0.457 e. The second kappa shape index (κ2) is 17.1. The maximum atomic E-state index is 6.54. The van der Waals surface area contributed by atoms with Crippen LogP contribution in [0.1, 0.15) is 36.8 Å². The summed E-state index contributed by atoms with van der Waals surface area (Å²) in [7, 11) is 0. The number of furan rings is 2. The van der Waals surface area contributed by atoms with E-state index in [9.17, 15) is 0 Å². The van der Waals surface area contributed by atoms with Crippen LogP contribution in [0.25, 0.3) is 87.2 Å². The highest BCUT2D eigenvalue weighted by atomic mass is 32.1. The minimum Gasteiger partial charge on any atom is -0.457 e. The van der Waals surface area contributed by atoms with Crippen LogP contribution in [0.15, 0.2) is 185 Å². The van der Waals surface area contributed by atoms with Crippen molar-refractivity contribution in [3.63, 3.8) is 0 Å². The molecule has 4 aromatic heterocycles. The first-order valence-corrected chi connectivity index (χ1v) is 21.0. The summed E-state index contributed by atoms with van der Waals surface area (Å²) in [5.41, 5.74) is 20.9. The number of thiophene rings is 1. The Kier molecular flexibility index (Phi) is 10.9. The smallest absolute Gasteiger partial charge is 0.164 e. The van der Waals surface area contributed by atoms with Gasteiger partial charge in [-0.15, -0.1) is 11.3 Å². The van der Waals surface area contributed by atoms with Crippen molar-refractivity contribution in [2.24, 2.45) is 5.73 Å². The van der Waals surface area contributed by atoms with Crippen LogP contribution < -0.4 is 11.5 Å². The third kappa shape index (κ3) is 7.66. The lowest BCUT2D eigenvalue weighted by Crippen LogP contribution is -2.12. The minimum atomic E-state index is -0.503. The normalized spacial score (nSPS) is 11.9. The van der Waals surface area contributed by atoms with Crippen molar-refractivity contribution in [2.45, 2.75) is 26.8 Å². The molecule has 0 amide bonds. The SMILES string of the molecule is C/C=C\C.Cc1ccc2sc3cccc(-c4nc(-c5ccccc5)nc(-c5ccccc5)n4)c3c2c1.Nc1c(C(N)c2cccc3c2oc2ccccc23)oc2ccccc12. The minimum absolute atomic E-state index is 0.503. The van der Waals surface area contributed by atoms with Crippen LogP contribution in [0.4, 0.5) is 5.69 Å². The molecule has 0 fully saturated rings. The van der Waals surface area contributed by atoms with E-state index in [1.807, 2.05) is 165 Å². The molecule has 0 saturated heterocycles. The Morgan fingerprint density at radius 1 is 0.541 bits per heavy atom. The lowest BCUT2D eigenvalue weighted by Gasteiger charge is -2.10. The zero-order valence-electron chi connectivity index (χ0n) is 34.0. The van der Waals surface area contributed by atoms with E-state index >= 15 is 0 Å². The van der Waals surface area contributed by atoms with Crippen molar-refractivity contribution in [3.05, 3.63) is 193 Å². The summed E-state index contributed by atoms with van der Waals surface area (Å²) >= 11 is 1.81. The summed E-state index contributed by atoms with van der Waals surface area (Å²) < 4.78 is 14.5. The fraction of sp³-hybridized carbons (Fsp3) is 0.0755. The molecule has 298 valence electrons. The fourth-order valence-electron chi connectivity index (χ4n) is 7.53. The average Bonchev–Trinajstić information content (AvgIpc) is 4.00. The van der Waals surface area contributed by atoms with Crippen molar-refractivity contribution in [2.75, 3.05) is 5.73 Å². The second-order valence-corrected chi connectivity index (χ2v) is 15.7. The molecule has 0 saturated carbocycles.